The van der Waals surface area contributed by atoms with Crippen molar-refractivity contribution in [2.24, 2.45) is 11.3 Å². The van der Waals surface area contributed by atoms with Crippen molar-refractivity contribution in [3.8, 4) is 0 Å². The highest BCUT2D eigenvalue weighted by Gasteiger charge is 2.20. The van der Waals surface area contributed by atoms with Crippen LogP contribution in [-0.4, -0.2) is 31.6 Å². The van der Waals surface area contributed by atoms with Crippen LogP contribution >= 0.6 is 0 Å². The first-order valence-corrected chi connectivity index (χ1v) is 4.70. The minimum Gasteiger partial charge on any atom is -0.338 e. The molecule has 0 aromatic rings. The standard InChI is InChI=1S/C10H22N2O/c1-8(10(2,3)4)7-11-9(13)12(5)6/h8H,7H2,1-6H3,(H,11,13). The molecule has 2 amide bonds. The summed E-state index contributed by atoms with van der Waals surface area (Å²) in [5.41, 5.74) is 0.250. The molecule has 0 radical (unpaired) electrons. The van der Waals surface area contributed by atoms with Gasteiger partial charge in [0.2, 0.25) is 0 Å². The van der Waals surface area contributed by atoms with Crippen LogP contribution in [0.5, 0.6) is 0 Å². The molecule has 0 aliphatic heterocycles. The van der Waals surface area contributed by atoms with Gasteiger partial charge in [-0.05, 0) is 11.3 Å². The average molecular weight is 186 g/mol. The van der Waals surface area contributed by atoms with Crippen molar-refractivity contribution in [1.29, 1.82) is 0 Å². The summed E-state index contributed by atoms with van der Waals surface area (Å²) in [4.78, 5) is 12.7. The van der Waals surface area contributed by atoms with E-state index in [1.807, 2.05) is 0 Å². The average Bonchev–Trinajstić information content (AvgIpc) is 1.97. The summed E-state index contributed by atoms with van der Waals surface area (Å²) in [7, 11) is 3.49. The summed E-state index contributed by atoms with van der Waals surface area (Å²) < 4.78 is 0. The van der Waals surface area contributed by atoms with Gasteiger partial charge in [0.1, 0.15) is 0 Å². The van der Waals surface area contributed by atoms with Gasteiger partial charge >= 0.3 is 6.03 Å². The highest BCUT2D eigenvalue weighted by atomic mass is 16.2. The molecule has 0 aliphatic rings. The Morgan fingerprint density at radius 1 is 1.38 bits per heavy atom. The summed E-state index contributed by atoms with van der Waals surface area (Å²) in [5, 5.41) is 2.88. The fraction of sp³-hybridized carbons (Fsp3) is 0.900. The van der Waals surface area contributed by atoms with Gasteiger partial charge < -0.3 is 10.2 Å². The number of carbonyl (C=O) groups excluding carboxylic acids is 1. The van der Waals surface area contributed by atoms with E-state index in [-0.39, 0.29) is 11.4 Å². The van der Waals surface area contributed by atoms with E-state index in [2.05, 4.69) is 33.0 Å². The van der Waals surface area contributed by atoms with Crippen LogP contribution < -0.4 is 5.32 Å². The second-order valence-electron chi connectivity index (χ2n) is 4.85. The van der Waals surface area contributed by atoms with Crippen molar-refractivity contribution in [1.82, 2.24) is 10.2 Å². The Morgan fingerprint density at radius 3 is 2.15 bits per heavy atom. The SMILES string of the molecule is CC(CNC(=O)N(C)C)C(C)(C)C. The normalized spacial score (nSPS) is 13.7. The molecule has 0 spiro atoms. The molecule has 13 heavy (non-hydrogen) atoms. The number of urea groups is 1. The van der Waals surface area contributed by atoms with Crippen molar-refractivity contribution in [3.63, 3.8) is 0 Å². The van der Waals surface area contributed by atoms with Crippen molar-refractivity contribution in [2.75, 3.05) is 20.6 Å². The first kappa shape index (κ1) is 12.3. The van der Waals surface area contributed by atoms with Crippen molar-refractivity contribution < 1.29 is 4.79 Å². The third-order valence-corrected chi connectivity index (χ3v) is 2.44. The fourth-order valence-corrected chi connectivity index (χ4v) is 0.705. The molecule has 1 atom stereocenters. The van der Waals surface area contributed by atoms with E-state index in [0.29, 0.717) is 5.92 Å². The maximum absolute atomic E-state index is 11.2. The monoisotopic (exact) mass is 186 g/mol. The van der Waals surface area contributed by atoms with Crippen LogP contribution in [0.15, 0.2) is 0 Å². The number of rotatable bonds is 2. The smallest absolute Gasteiger partial charge is 0.316 e. The van der Waals surface area contributed by atoms with Crippen LogP contribution in [0.25, 0.3) is 0 Å². The van der Waals surface area contributed by atoms with E-state index in [0.717, 1.165) is 6.54 Å². The molecule has 1 unspecified atom stereocenters. The molecular formula is C10H22N2O. The number of nitrogens with one attached hydrogen (secondary N) is 1. The minimum absolute atomic E-state index is 0.0175. The number of amides is 2. The first-order chi connectivity index (χ1) is 5.75. The molecule has 0 bridgehead atoms. The zero-order valence-corrected chi connectivity index (χ0v) is 9.64. The number of hydrogen-bond acceptors (Lipinski definition) is 1. The lowest BCUT2D eigenvalue weighted by Gasteiger charge is -2.27. The third-order valence-electron chi connectivity index (χ3n) is 2.44. The van der Waals surface area contributed by atoms with Gasteiger partial charge in [0.15, 0.2) is 0 Å². The Labute approximate surface area is 81.5 Å². The zero-order chi connectivity index (χ0) is 10.6. The third kappa shape index (κ3) is 4.76. The fourth-order valence-electron chi connectivity index (χ4n) is 0.705. The lowest BCUT2D eigenvalue weighted by atomic mass is 9.82. The Hall–Kier alpha value is -0.730. The molecule has 0 fully saturated rings. The topological polar surface area (TPSA) is 32.3 Å². The number of carbonyl (C=O) groups is 1. The molecule has 0 saturated carbocycles. The molecule has 3 heteroatoms. The molecular weight excluding hydrogens is 164 g/mol. The second kappa shape index (κ2) is 4.49. The molecule has 1 N–H and O–H groups in total. The van der Waals surface area contributed by atoms with Gasteiger partial charge in [0, 0.05) is 20.6 Å². The van der Waals surface area contributed by atoms with Crippen LogP contribution in [0.2, 0.25) is 0 Å². The van der Waals surface area contributed by atoms with Gasteiger partial charge in [-0.25, -0.2) is 4.79 Å². The highest BCUT2D eigenvalue weighted by molar-refractivity contribution is 5.73. The minimum atomic E-state index is -0.0175. The summed E-state index contributed by atoms with van der Waals surface area (Å²) in [5.74, 6) is 0.483. The molecule has 0 aliphatic carbocycles. The Balaban J connectivity index is 3.84. The van der Waals surface area contributed by atoms with E-state index >= 15 is 0 Å². The largest absolute Gasteiger partial charge is 0.338 e. The second-order valence-corrected chi connectivity index (χ2v) is 4.85. The predicted octanol–water partition coefficient (Wildman–Crippen LogP) is 1.94. The maximum atomic E-state index is 11.2. The Bertz CT molecular complexity index is 170. The van der Waals surface area contributed by atoms with Crippen molar-refractivity contribution in [2.45, 2.75) is 27.7 Å². The summed E-state index contributed by atoms with van der Waals surface area (Å²) in [6.07, 6.45) is 0. The first-order valence-electron chi connectivity index (χ1n) is 4.70. The summed E-state index contributed by atoms with van der Waals surface area (Å²) in [6, 6.07) is -0.0175. The molecule has 78 valence electrons. The van der Waals surface area contributed by atoms with Crippen LogP contribution in [-0.2, 0) is 0 Å². The summed E-state index contributed by atoms with van der Waals surface area (Å²) in [6.45, 7) is 9.43. The van der Waals surface area contributed by atoms with Gasteiger partial charge in [-0.15, -0.1) is 0 Å². The molecule has 0 heterocycles. The van der Waals surface area contributed by atoms with Gasteiger partial charge in [-0.3, -0.25) is 0 Å². The quantitative estimate of drug-likeness (QED) is 0.702. The van der Waals surface area contributed by atoms with E-state index in [1.165, 1.54) is 0 Å². The lowest BCUT2D eigenvalue weighted by Crippen LogP contribution is -2.39. The predicted molar refractivity (Wildman–Crippen MR) is 55.7 cm³/mol. The van der Waals surface area contributed by atoms with Crippen molar-refractivity contribution >= 4 is 6.03 Å². The van der Waals surface area contributed by atoms with Crippen molar-refractivity contribution in [3.05, 3.63) is 0 Å². The van der Waals surface area contributed by atoms with E-state index in [1.54, 1.807) is 19.0 Å². The highest BCUT2D eigenvalue weighted by Crippen LogP contribution is 2.24. The Morgan fingerprint density at radius 2 is 1.85 bits per heavy atom. The molecule has 0 saturated heterocycles. The molecule has 0 aromatic heterocycles. The van der Waals surface area contributed by atoms with Crippen LogP contribution in [0.4, 0.5) is 4.79 Å². The number of nitrogens with zero attached hydrogens (tertiary/aromatic N) is 1. The van der Waals surface area contributed by atoms with Gasteiger partial charge in [0.25, 0.3) is 0 Å². The summed E-state index contributed by atoms with van der Waals surface area (Å²) >= 11 is 0. The van der Waals surface area contributed by atoms with E-state index < -0.39 is 0 Å². The van der Waals surface area contributed by atoms with E-state index in [9.17, 15) is 4.79 Å². The van der Waals surface area contributed by atoms with Crippen LogP contribution in [0.1, 0.15) is 27.7 Å². The number of hydrogen-bond donors (Lipinski definition) is 1. The molecule has 0 rings (SSSR count). The van der Waals surface area contributed by atoms with Gasteiger partial charge in [-0.2, -0.15) is 0 Å². The van der Waals surface area contributed by atoms with Gasteiger partial charge in [0.05, 0.1) is 0 Å². The molecule has 0 aromatic carbocycles. The zero-order valence-electron chi connectivity index (χ0n) is 9.64. The van der Waals surface area contributed by atoms with E-state index in [4.69, 9.17) is 0 Å². The maximum Gasteiger partial charge on any atom is 0.316 e. The lowest BCUT2D eigenvalue weighted by molar-refractivity contribution is 0.205. The van der Waals surface area contributed by atoms with Crippen LogP contribution in [0.3, 0.4) is 0 Å². The molecule has 3 nitrogen and oxygen atoms in total. The Kier molecular flexibility index (Phi) is 4.24. The van der Waals surface area contributed by atoms with Gasteiger partial charge in [-0.1, -0.05) is 27.7 Å². The van der Waals surface area contributed by atoms with Crippen LogP contribution in [0, 0.1) is 11.3 Å².